The predicted octanol–water partition coefficient (Wildman–Crippen LogP) is 3.51. The molecular weight excluding hydrogens is 465 g/mol. The van der Waals surface area contributed by atoms with Crippen LogP contribution >= 0.6 is 11.3 Å². The van der Waals surface area contributed by atoms with Crippen LogP contribution in [0.3, 0.4) is 0 Å². The first kappa shape index (κ1) is 21.4. The van der Waals surface area contributed by atoms with Gasteiger partial charge in [0.25, 0.3) is 5.91 Å². The van der Waals surface area contributed by atoms with Crippen molar-refractivity contribution in [2.24, 2.45) is 0 Å². The van der Waals surface area contributed by atoms with Gasteiger partial charge in [-0.25, -0.2) is 15.0 Å². The molecule has 0 atom stereocenters. The third-order valence-electron chi connectivity index (χ3n) is 5.19. The Hall–Kier alpha value is -3.45. The molecule has 1 spiro atoms. The van der Waals surface area contributed by atoms with Crippen molar-refractivity contribution < 1.29 is 36.9 Å². The summed E-state index contributed by atoms with van der Waals surface area (Å²) < 4.78 is 61.1. The molecule has 2 aliphatic heterocycles. The van der Waals surface area contributed by atoms with Gasteiger partial charge in [-0.05, 0) is 18.2 Å². The summed E-state index contributed by atoms with van der Waals surface area (Å²) in [6.07, 6.45) is -3.32. The first-order valence-corrected chi connectivity index (χ1v) is 10.3. The van der Waals surface area contributed by atoms with E-state index in [-0.39, 0.29) is 41.4 Å². The van der Waals surface area contributed by atoms with E-state index in [1.165, 1.54) is 26.6 Å². The molecule has 5 rings (SSSR count). The molecule has 1 aromatic carbocycles. The molecule has 2 aromatic heterocycles. The highest BCUT2D eigenvalue weighted by Crippen LogP contribution is 2.52. The number of anilines is 1. The Labute approximate surface area is 188 Å². The maximum atomic E-state index is 13.2. The number of halogens is 3. The van der Waals surface area contributed by atoms with Crippen LogP contribution < -0.4 is 19.5 Å². The Balaban J connectivity index is 1.54. The smallest absolute Gasteiger partial charge is 0.416 e. The summed E-state index contributed by atoms with van der Waals surface area (Å²) in [5.41, 5.74) is -0.989. The van der Waals surface area contributed by atoms with Crippen LogP contribution in [0.1, 0.15) is 20.8 Å². The lowest BCUT2D eigenvalue weighted by molar-refractivity contribution is -0.167. The van der Waals surface area contributed by atoms with Crippen LogP contribution in [0.2, 0.25) is 0 Å². The summed E-state index contributed by atoms with van der Waals surface area (Å²) in [4.78, 5) is 25.9. The monoisotopic (exact) mass is 480 g/mol. The number of amides is 1. The maximum Gasteiger partial charge on any atom is 0.416 e. The SMILES string of the molecule is COc1ncnc(OC)c1C(=O)Nc1nc2c(s1)C1(COC1)Oc1cc(C(F)(F)F)ccc1-2. The van der Waals surface area contributed by atoms with E-state index in [1.807, 2.05) is 0 Å². The van der Waals surface area contributed by atoms with Crippen LogP contribution in [0.5, 0.6) is 17.5 Å². The summed E-state index contributed by atoms with van der Waals surface area (Å²) in [5, 5.41) is 2.88. The average molecular weight is 480 g/mol. The zero-order chi connectivity index (χ0) is 23.4. The van der Waals surface area contributed by atoms with E-state index in [0.29, 0.717) is 16.1 Å². The number of ether oxygens (including phenoxy) is 4. The lowest BCUT2D eigenvalue weighted by Gasteiger charge is -2.43. The fourth-order valence-electron chi connectivity index (χ4n) is 3.60. The van der Waals surface area contributed by atoms with Crippen molar-refractivity contribution in [1.29, 1.82) is 0 Å². The molecule has 1 amide bonds. The number of hydrogen-bond acceptors (Lipinski definition) is 9. The van der Waals surface area contributed by atoms with E-state index in [0.717, 1.165) is 23.5 Å². The van der Waals surface area contributed by atoms with Crippen molar-refractivity contribution in [2.45, 2.75) is 11.8 Å². The van der Waals surface area contributed by atoms with Crippen LogP contribution in [0.15, 0.2) is 24.5 Å². The molecule has 33 heavy (non-hydrogen) atoms. The minimum Gasteiger partial charge on any atom is -0.480 e. The van der Waals surface area contributed by atoms with Crippen molar-refractivity contribution in [1.82, 2.24) is 15.0 Å². The topological polar surface area (TPSA) is 105 Å². The van der Waals surface area contributed by atoms with E-state index in [2.05, 4.69) is 20.3 Å². The molecular formula is C20H15F3N4O5S. The summed E-state index contributed by atoms with van der Waals surface area (Å²) in [7, 11) is 2.70. The van der Waals surface area contributed by atoms with Crippen LogP contribution in [-0.4, -0.2) is 48.3 Å². The van der Waals surface area contributed by atoms with Crippen molar-refractivity contribution in [2.75, 3.05) is 32.8 Å². The second-order valence-corrected chi connectivity index (χ2v) is 8.22. The maximum absolute atomic E-state index is 13.2. The predicted molar refractivity (Wildman–Crippen MR) is 109 cm³/mol. The second-order valence-electron chi connectivity index (χ2n) is 7.22. The molecule has 4 heterocycles. The number of rotatable bonds is 4. The lowest BCUT2D eigenvalue weighted by Crippen LogP contribution is -2.52. The number of thiazole rings is 1. The molecule has 0 saturated carbocycles. The van der Waals surface area contributed by atoms with Gasteiger partial charge in [0.15, 0.2) is 16.3 Å². The Bertz CT molecular complexity index is 1240. The number of carbonyl (C=O) groups is 1. The van der Waals surface area contributed by atoms with Gasteiger partial charge in [0.2, 0.25) is 11.8 Å². The highest BCUT2D eigenvalue weighted by Gasteiger charge is 2.50. The number of nitrogens with zero attached hydrogens (tertiary/aromatic N) is 3. The van der Waals surface area contributed by atoms with Crippen LogP contribution in [0, 0.1) is 0 Å². The fraction of sp³-hybridized carbons (Fsp3) is 0.300. The molecule has 0 unspecified atom stereocenters. The summed E-state index contributed by atoms with van der Waals surface area (Å²) in [6.45, 7) is 0.304. The molecule has 0 aliphatic carbocycles. The van der Waals surface area contributed by atoms with Crippen LogP contribution in [0.25, 0.3) is 11.3 Å². The number of carbonyl (C=O) groups excluding carboxylic acids is 1. The molecule has 9 nitrogen and oxygen atoms in total. The molecule has 0 radical (unpaired) electrons. The first-order chi connectivity index (χ1) is 15.8. The standard InChI is InChI=1S/C20H15F3N4O5S/c1-29-16-12(17(30-2)25-8-24-16)15(28)27-18-26-13-10-4-3-9(20(21,22)23)5-11(10)32-19(6-31-7-19)14(13)33-18/h3-5,8H,6-7H2,1-2H3,(H,26,27,28). The molecule has 1 saturated heterocycles. The van der Waals surface area contributed by atoms with Gasteiger partial charge >= 0.3 is 6.18 Å². The first-order valence-electron chi connectivity index (χ1n) is 9.50. The number of alkyl halides is 3. The van der Waals surface area contributed by atoms with Gasteiger partial charge in [0.05, 0.1) is 43.6 Å². The van der Waals surface area contributed by atoms with Gasteiger partial charge in [-0.15, -0.1) is 0 Å². The number of nitrogens with one attached hydrogen (secondary N) is 1. The Morgan fingerprint density at radius 3 is 2.45 bits per heavy atom. The highest BCUT2D eigenvalue weighted by atomic mass is 32.1. The molecule has 1 fully saturated rings. The van der Waals surface area contributed by atoms with Crippen LogP contribution in [-0.2, 0) is 16.5 Å². The van der Waals surface area contributed by atoms with Crippen molar-refractivity contribution >= 4 is 22.4 Å². The van der Waals surface area contributed by atoms with E-state index >= 15 is 0 Å². The summed E-state index contributed by atoms with van der Waals surface area (Å²) in [5.74, 6) is -0.540. The number of fused-ring (bicyclic) bond motifs is 4. The molecule has 13 heteroatoms. The Kier molecular flexibility index (Phi) is 4.90. The Morgan fingerprint density at radius 2 is 1.88 bits per heavy atom. The number of aromatic nitrogens is 3. The number of benzene rings is 1. The normalized spacial score (nSPS) is 15.7. The third kappa shape index (κ3) is 3.43. The van der Waals surface area contributed by atoms with E-state index in [4.69, 9.17) is 18.9 Å². The molecule has 3 aromatic rings. The zero-order valence-electron chi connectivity index (χ0n) is 17.1. The number of hydrogen-bond donors (Lipinski definition) is 1. The quantitative estimate of drug-likeness (QED) is 0.605. The van der Waals surface area contributed by atoms with Gasteiger partial charge in [-0.1, -0.05) is 11.3 Å². The van der Waals surface area contributed by atoms with Crippen molar-refractivity contribution in [3.05, 3.63) is 40.5 Å². The third-order valence-corrected chi connectivity index (χ3v) is 6.35. The minimum absolute atomic E-state index is 0.0119. The van der Waals surface area contributed by atoms with Crippen molar-refractivity contribution in [3.63, 3.8) is 0 Å². The average Bonchev–Trinajstić information content (AvgIpc) is 3.19. The van der Waals surface area contributed by atoms with Gasteiger partial charge in [-0.3, -0.25) is 10.1 Å². The van der Waals surface area contributed by atoms with E-state index in [9.17, 15) is 18.0 Å². The molecule has 172 valence electrons. The summed E-state index contributed by atoms with van der Waals surface area (Å²) >= 11 is 1.15. The fourth-order valence-corrected chi connectivity index (χ4v) is 4.67. The summed E-state index contributed by atoms with van der Waals surface area (Å²) in [6, 6.07) is 3.23. The van der Waals surface area contributed by atoms with Gasteiger partial charge in [-0.2, -0.15) is 13.2 Å². The van der Waals surface area contributed by atoms with E-state index in [1.54, 1.807) is 0 Å². The van der Waals surface area contributed by atoms with Crippen molar-refractivity contribution in [3.8, 4) is 28.8 Å². The second kappa shape index (κ2) is 7.56. The largest absolute Gasteiger partial charge is 0.480 e. The minimum atomic E-state index is -4.51. The molecule has 0 bridgehead atoms. The van der Waals surface area contributed by atoms with Gasteiger partial charge < -0.3 is 18.9 Å². The molecule has 2 aliphatic rings. The van der Waals surface area contributed by atoms with E-state index < -0.39 is 23.2 Å². The number of methoxy groups -OCH3 is 2. The highest BCUT2D eigenvalue weighted by molar-refractivity contribution is 7.16. The Morgan fingerprint density at radius 1 is 1.18 bits per heavy atom. The van der Waals surface area contributed by atoms with Crippen LogP contribution in [0.4, 0.5) is 18.3 Å². The molecule has 1 N–H and O–H groups in total. The van der Waals surface area contributed by atoms with Gasteiger partial charge in [0, 0.05) is 5.56 Å². The lowest BCUT2D eigenvalue weighted by atomic mass is 9.91. The zero-order valence-corrected chi connectivity index (χ0v) is 18.0. The van der Waals surface area contributed by atoms with Gasteiger partial charge in [0.1, 0.15) is 12.1 Å².